The van der Waals surface area contributed by atoms with Gasteiger partial charge >= 0.3 is 0 Å². The van der Waals surface area contributed by atoms with Crippen molar-refractivity contribution in [1.82, 2.24) is 5.32 Å². The van der Waals surface area contributed by atoms with E-state index in [0.29, 0.717) is 6.61 Å². The molecule has 0 bridgehead atoms. The van der Waals surface area contributed by atoms with Gasteiger partial charge < -0.3 is 10.1 Å². The van der Waals surface area contributed by atoms with Gasteiger partial charge in [-0.25, -0.2) is 0 Å². The van der Waals surface area contributed by atoms with Crippen molar-refractivity contribution in [1.29, 1.82) is 0 Å². The second-order valence-electron chi connectivity index (χ2n) is 4.69. The van der Waals surface area contributed by atoms with Crippen LogP contribution in [0.4, 0.5) is 0 Å². The Morgan fingerprint density at radius 1 is 1.05 bits per heavy atom. The van der Waals surface area contributed by atoms with Gasteiger partial charge in [0, 0.05) is 18.1 Å². The molecule has 0 saturated carbocycles. The van der Waals surface area contributed by atoms with E-state index in [9.17, 15) is 4.79 Å². The molecule has 2 aromatic rings. The summed E-state index contributed by atoms with van der Waals surface area (Å²) in [6.07, 6.45) is 0. The number of rotatable bonds is 2. The summed E-state index contributed by atoms with van der Waals surface area (Å²) in [6, 6.07) is 17.7. The molecule has 3 nitrogen and oxygen atoms in total. The van der Waals surface area contributed by atoms with Gasteiger partial charge in [-0.05, 0) is 17.7 Å². The van der Waals surface area contributed by atoms with Crippen LogP contribution < -0.4 is 10.1 Å². The molecule has 20 heavy (non-hydrogen) atoms. The number of nitrogens with one attached hydrogen (secondary N) is 1. The predicted molar refractivity (Wildman–Crippen MR) is 79.0 cm³/mol. The zero-order valence-electron chi connectivity index (χ0n) is 11.2. The molecule has 1 aliphatic rings. The molecule has 1 N–H and O–H groups in total. The fourth-order valence-electron chi connectivity index (χ4n) is 2.37. The van der Waals surface area contributed by atoms with E-state index < -0.39 is 0 Å². The fraction of sp³-hybridized carbons (Fsp3) is 0.118. The van der Waals surface area contributed by atoms with E-state index >= 15 is 0 Å². The summed E-state index contributed by atoms with van der Waals surface area (Å²) >= 11 is 0. The number of hydrogen-bond donors (Lipinski definition) is 1. The Morgan fingerprint density at radius 2 is 1.75 bits per heavy atom. The van der Waals surface area contributed by atoms with Gasteiger partial charge in [0.1, 0.15) is 12.4 Å². The first-order valence-electron chi connectivity index (χ1n) is 6.54. The predicted octanol–water partition coefficient (Wildman–Crippen LogP) is 3.08. The Bertz CT molecular complexity index is 674. The lowest BCUT2D eigenvalue weighted by Crippen LogP contribution is -2.24. The molecule has 3 rings (SSSR count). The lowest BCUT2D eigenvalue weighted by atomic mass is 9.97. The smallest absolute Gasteiger partial charge is 0.221 e. The van der Waals surface area contributed by atoms with Gasteiger partial charge in [0.25, 0.3) is 0 Å². The summed E-state index contributed by atoms with van der Waals surface area (Å²) < 4.78 is 5.79. The minimum atomic E-state index is -0.0786. The van der Waals surface area contributed by atoms with Crippen LogP contribution in [-0.4, -0.2) is 12.5 Å². The van der Waals surface area contributed by atoms with E-state index in [0.717, 1.165) is 28.1 Å². The Hall–Kier alpha value is -2.55. The van der Waals surface area contributed by atoms with Crippen LogP contribution in [0.3, 0.4) is 0 Å². The molecule has 1 aliphatic heterocycles. The van der Waals surface area contributed by atoms with Crippen LogP contribution in [0.2, 0.25) is 0 Å². The van der Waals surface area contributed by atoms with Gasteiger partial charge in [-0.2, -0.15) is 0 Å². The molecule has 0 unspecified atom stereocenters. The first-order chi connectivity index (χ1) is 9.75. The fourth-order valence-corrected chi connectivity index (χ4v) is 2.37. The second kappa shape index (κ2) is 5.21. The highest BCUT2D eigenvalue weighted by Crippen LogP contribution is 2.35. The van der Waals surface area contributed by atoms with Gasteiger partial charge in [-0.1, -0.05) is 42.5 Å². The number of ether oxygens (including phenoxy) is 1. The summed E-state index contributed by atoms with van der Waals surface area (Å²) in [7, 11) is 0. The van der Waals surface area contributed by atoms with Crippen molar-refractivity contribution in [3.8, 4) is 5.75 Å². The molecule has 0 atom stereocenters. The van der Waals surface area contributed by atoms with Gasteiger partial charge in [0.05, 0.1) is 5.70 Å². The molecule has 3 heteroatoms. The number of carbonyl (C=O) groups is 1. The van der Waals surface area contributed by atoms with Crippen LogP contribution in [-0.2, 0) is 4.79 Å². The van der Waals surface area contributed by atoms with Crippen LogP contribution >= 0.6 is 0 Å². The molecule has 100 valence electrons. The Kier molecular flexibility index (Phi) is 3.25. The summed E-state index contributed by atoms with van der Waals surface area (Å²) in [4.78, 5) is 11.5. The number of amides is 1. The van der Waals surface area contributed by atoms with Gasteiger partial charge in [0.2, 0.25) is 5.91 Å². The first-order valence-corrected chi connectivity index (χ1v) is 6.54. The minimum Gasteiger partial charge on any atom is -0.488 e. The highest BCUT2D eigenvalue weighted by atomic mass is 16.5. The first kappa shape index (κ1) is 12.5. The van der Waals surface area contributed by atoms with Crippen molar-refractivity contribution in [2.75, 3.05) is 6.61 Å². The Labute approximate surface area is 117 Å². The zero-order valence-corrected chi connectivity index (χ0v) is 11.2. The molecule has 1 heterocycles. The molecule has 0 saturated heterocycles. The maximum atomic E-state index is 11.5. The van der Waals surface area contributed by atoms with E-state index in [1.165, 1.54) is 6.92 Å². The highest BCUT2D eigenvalue weighted by Gasteiger charge is 2.21. The standard InChI is InChI=1S/C17H15NO2/c1-12(19)18-17-14-9-5-6-10-16(14)20-11-15(17)13-7-3-2-4-8-13/h2-10H,11H2,1H3,(H,18,19). The number of hydrogen-bond acceptors (Lipinski definition) is 2. The molecule has 2 aromatic carbocycles. The third-order valence-corrected chi connectivity index (χ3v) is 3.25. The van der Waals surface area contributed by atoms with Crippen molar-refractivity contribution in [2.24, 2.45) is 0 Å². The van der Waals surface area contributed by atoms with Crippen LogP contribution in [0.25, 0.3) is 11.3 Å². The summed E-state index contributed by atoms with van der Waals surface area (Å²) in [6.45, 7) is 1.98. The number of para-hydroxylation sites is 1. The number of benzene rings is 2. The van der Waals surface area contributed by atoms with Crippen LogP contribution in [0.5, 0.6) is 5.75 Å². The van der Waals surface area contributed by atoms with E-state index in [-0.39, 0.29) is 5.91 Å². The topological polar surface area (TPSA) is 38.3 Å². The van der Waals surface area contributed by atoms with Gasteiger partial charge in [-0.15, -0.1) is 0 Å². The Morgan fingerprint density at radius 3 is 2.50 bits per heavy atom. The third-order valence-electron chi connectivity index (χ3n) is 3.25. The molecule has 0 aromatic heterocycles. The van der Waals surface area contributed by atoms with Crippen molar-refractivity contribution < 1.29 is 9.53 Å². The SMILES string of the molecule is CC(=O)NC1=C(c2ccccc2)COc2ccccc21. The average Bonchev–Trinajstić information content (AvgIpc) is 2.48. The molecule has 0 radical (unpaired) electrons. The quantitative estimate of drug-likeness (QED) is 0.906. The summed E-state index contributed by atoms with van der Waals surface area (Å²) in [5.74, 6) is 0.723. The van der Waals surface area contributed by atoms with Crippen LogP contribution in [0.15, 0.2) is 54.6 Å². The van der Waals surface area contributed by atoms with Crippen LogP contribution in [0, 0.1) is 0 Å². The maximum absolute atomic E-state index is 11.5. The highest BCUT2D eigenvalue weighted by molar-refractivity contribution is 5.99. The van der Waals surface area contributed by atoms with E-state index in [1.54, 1.807) is 0 Å². The number of fused-ring (bicyclic) bond motifs is 1. The number of carbonyl (C=O) groups excluding carboxylic acids is 1. The van der Waals surface area contributed by atoms with Gasteiger partial charge in [0.15, 0.2) is 0 Å². The third kappa shape index (κ3) is 2.30. The van der Waals surface area contributed by atoms with Gasteiger partial charge in [-0.3, -0.25) is 4.79 Å². The lowest BCUT2D eigenvalue weighted by molar-refractivity contribution is -0.117. The molecular formula is C17H15NO2. The van der Waals surface area contributed by atoms with Crippen molar-refractivity contribution >= 4 is 17.2 Å². The van der Waals surface area contributed by atoms with Crippen molar-refractivity contribution in [2.45, 2.75) is 6.92 Å². The molecule has 1 amide bonds. The summed E-state index contributed by atoms with van der Waals surface area (Å²) in [5.41, 5.74) is 3.82. The normalized spacial score (nSPS) is 13.4. The van der Waals surface area contributed by atoms with E-state index in [4.69, 9.17) is 4.74 Å². The van der Waals surface area contributed by atoms with Crippen molar-refractivity contribution in [3.63, 3.8) is 0 Å². The van der Waals surface area contributed by atoms with E-state index in [2.05, 4.69) is 5.32 Å². The zero-order chi connectivity index (χ0) is 13.9. The second-order valence-corrected chi connectivity index (χ2v) is 4.69. The molecule has 0 spiro atoms. The van der Waals surface area contributed by atoms with Crippen LogP contribution in [0.1, 0.15) is 18.1 Å². The molecule has 0 aliphatic carbocycles. The van der Waals surface area contributed by atoms with Crippen molar-refractivity contribution in [3.05, 3.63) is 65.7 Å². The Balaban J connectivity index is 2.17. The largest absolute Gasteiger partial charge is 0.488 e. The molecular weight excluding hydrogens is 250 g/mol. The molecule has 0 fully saturated rings. The lowest BCUT2D eigenvalue weighted by Gasteiger charge is -2.24. The maximum Gasteiger partial charge on any atom is 0.221 e. The minimum absolute atomic E-state index is 0.0786. The monoisotopic (exact) mass is 265 g/mol. The van der Waals surface area contributed by atoms with E-state index in [1.807, 2.05) is 54.6 Å². The summed E-state index contributed by atoms with van der Waals surface area (Å²) in [5, 5.41) is 2.95. The average molecular weight is 265 g/mol.